The van der Waals surface area contributed by atoms with Crippen LogP contribution in [0.5, 0.6) is 0 Å². The van der Waals surface area contributed by atoms with Gasteiger partial charge in [0.1, 0.15) is 6.10 Å². The van der Waals surface area contributed by atoms with Gasteiger partial charge in [0.25, 0.3) is 5.91 Å². The van der Waals surface area contributed by atoms with Gasteiger partial charge >= 0.3 is 0 Å². The van der Waals surface area contributed by atoms with E-state index in [0.29, 0.717) is 12.2 Å². The van der Waals surface area contributed by atoms with E-state index in [1.54, 1.807) is 18.0 Å². The maximum absolute atomic E-state index is 11.8. The molecule has 0 aliphatic carbocycles. The van der Waals surface area contributed by atoms with Gasteiger partial charge in [-0.05, 0) is 17.7 Å². The molecule has 1 aromatic rings. The highest BCUT2D eigenvalue weighted by Crippen LogP contribution is 2.13. The molecule has 0 aliphatic rings. The van der Waals surface area contributed by atoms with Crippen molar-refractivity contribution in [3.8, 4) is 0 Å². The highest BCUT2D eigenvalue weighted by molar-refractivity contribution is 5.94. The Balaban J connectivity index is 2.73. The minimum Gasteiger partial charge on any atom is -0.370 e. The van der Waals surface area contributed by atoms with E-state index in [-0.39, 0.29) is 18.4 Å². The van der Waals surface area contributed by atoms with Crippen molar-refractivity contribution in [3.05, 3.63) is 29.8 Å². The Labute approximate surface area is 118 Å². The van der Waals surface area contributed by atoms with Crippen molar-refractivity contribution in [3.63, 3.8) is 0 Å². The van der Waals surface area contributed by atoms with Gasteiger partial charge in [-0.1, -0.05) is 12.1 Å². The molecule has 1 rings (SSSR count). The number of anilines is 1. The van der Waals surface area contributed by atoms with Crippen LogP contribution in [0.15, 0.2) is 24.3 Å². The van der Waals surface area contributed by atoms with Crippen molar-refractivity contribution >= 4 is 17.5 Å². The number of benzene rings is 1. The first-order valence-corrected chi connectivity index (χ1v) is 6.32. The van der Waals surface area contributed by atoms with Crippen molar-refractivity contribution in [1.82, 2.24) is 4.90 Å². The number of methoxy groups -OCH3 is 1. The third-order valence-electron chi connectivity index (χ3n) is 2.94. The van der Waals surface area contributed by atoms with Crippen molar-refractivity contribution in [1.29, 1.82) is 0 Å². The lowest BCUT2D eigenvalue weighted by Crippen LogP contribution is -2.35. The second kappa shape index (κ2) is 7.62. The number of nitrogens with zero attached hydrogens (tertiary/aromatic N) is 1. The summed E-state index contributed by atoms with van der Waals surface area (Å²) >= 11 is 0. The van der Waals surface area contributed by atoms with Crippen molar-refractivity contribution < 1.29 is 14.3 Å². The van der Waals surface area contributed by atoms with Crippen LogP contribution in [0.1, 0.15) is 12.5 Å². The van der Waals surface area contributed by atoms with E-state index in [1.807, 2.05) is 18.2 Å². The standard InChI is InChI=1S/C14H21N3O3/c1-10(18)17(2)9-11-5-4-6-12(7-11)16-14(19)13(8-15)20-3/h4-7,13H,8-9,15H2,1-3H3,(H,16,19). The molecule has 20 heavy (non-hydrogen) atoms. The van der Waals surface area contributed by atoms with Crippen LogP contribution in [0.2, 0.25) is 0 Å². The third-order valence-corrected chi connectivity index (χ3v) is 2.94. The van der Waals surface area contributed by atoms with Gasteiger partial charge in [-0.25, -0.2) is 0 Å². The van der Waals surface area contributed by atoms with Gasteiger partial charge in [-0.3, -0.25) is 9.59 Å². The molecular weight excluding hydrogens is 258 g/mol. The lowest BCUT2D eigenvalue weighted by molar-refractivity contribution is -0.128. The minimum absolute atomic E-state index is 0.0120. The molecule has 0 heterocycles. The van der Waals surface area contributed by atoms with Gasteiger partial charge in [0.05, 0.1) is 0 Å². The SMILES string of the molecule is COC(CN)C(=O)Nc1cccc(CN(C)C(C)=O)c1. The Kier molecular flexibility index (Phi) is 6.14. The zero-order valence-electron chi connectivity index (χ0n) is 12.1. The molecule has 0 saturated heterocycles. The molecule has 6 nitrogen and oxygen atoms in total. The molecule has 0 aliphatic heterocycles. The number of ether oxygens (including phenoxy) is 1. The zero-order valence-corrected chi connectivity index (χ0v) is 12.1. The summed E-state index contributed by atoms with van der Waals surface area (Å²) in [4.78, 5) is 24.6. The average Bonchev–Trinajstić information content (AvgIpc) is 2.40. The maximum atomic E-state index is 11.8. The normalized spacial score (nSPS) is 11.8. The van der Waals surface area contributed by atoms with Crippen LogP contribution < -0.4 is 11.1 Å². The van der Waals surface area contributed by atoms with Gasteiger partial charge in [0, 0.05) is 39.9 Å². The first-order chi connectivity index (χ1) is 9.47. The topological polar surface area (TPSA) is 84.7 Å². The molecule has 6 heteroatoms. The van der Waals surface area contributed by atoms with Gasteiger partial charge in [-0.2, -0.15) is 0 Å². The lowest BCUT2D eigenvalue weighted by Gasteiger charge is -2.16. The smallest absolute Gasteiger partial charge is 0.254 e. The molecular formula is C14H21N3O3. The summed E-state index contributed by atoms with van der Waals surface area (Å²) in [5.41, 5.74) is 7.02. The molecule has 0 spiro atoms. The summed E-state index contributed by atoms with van der Waals surface area (Å²) < 4.78 is 4.97. The lowest BCUT2D eigenvalue weighted by atomic mass is 10.2. The van der Waals surface area contributed by atoms with Crippen LogP contribution in [-0.2, 0) is 20.9 Å². The van der Waals surface area contributed by atoms with Crippen LogP contribution in [-0.4, -0.2) is 43.5 Å². The molecule has 1 atom stereocenters. The first-order valence-electron chi connectivity index (χ1n) is 6.32. The highest BCUT2D eigenvalue weighted by atomic mass is 16.5. The number of hydrogen-bond acceptors (Lipinski definition) is 4. The number of carbonyl (C=O) groups is 2. The van der Waals surface area contributed by atoms with E-state index >= 15 is 0 Å². The van der Waals surface area contributed by atoms with E-state index < -0.39 is 6.10 Å². The predicted molar refractivity (Wildman–Crippen MR) is 77.1 cm³/mol. The number of carbonyl (C=O) groups excluding carboxylic acids is 2. The monoisotopic (exact) mass is 279 g/mol. The molecule has 0 bridgehead atoms. The summed E-state index contributed by atoms with van der Waals surface area (Å²) in [5.74, 6) is -0.297. The number of nitrogens with one attached hydrogen (secondary N) is 1. The van der Waals surface area contributed by atoms with Crippen LogP contribution in [0.4, 0.5) is 5.69 Å². The van der Waals surface area contributed by atoms with Gasteiger partial charge in [0.2, 0.25) is 5.91 Å². The second-order valence-corrected chi connectivity index (χ2v) is 4.52. The molecule has 1 unspecified atom stereocenters. The van der Waals surface area contributed by atoms with E-state index in [2.05, 4.69) is 5.32 Å². The van der Waals surface area contributed by atoms with E-state index in [4.69, 9.17) is 10.5 Å². The second-order valence-electron chi connectivity index (χ2n) is 4.52. The Morgan fingerprint density at radius 1 is 1.45 bits per heavy atom. The van der Waals surface area contributed by atoms with Crippen molar-refractivity contribution in [2.75, 3.05) is 26.0 Å². The molecule has 110 valence electrons. The molecule has 2 amide bonds. The Morgan fingerprint density at radius 2 is 2.15 bits per heavy atom. The van der Waals surface area contributed by atoms with Gasteiger partial charge in [0.15, 0.2) is 0 Å². The van der Waals surface area contributed by atoms with Crippen LogP contribution in [0.25, 0.3) is 0 Å². The fourth-order valence-electron chi connectivity index (χ4n) is 1.67. The Hall–Kier alpha value is -1.92. The summed E-state index contributed by atoms with van der Waals surface area (Å²) in [6.07, 6.45) is -0.668. The summed E-state index contributed by atoms with van der Waals surface area (Å²) in [6, 6.07) is 7.31. The molecule has 0 saturated carbocycles. The summed E-state index contributed by atoms with van der Waals surface area (Å²) in [5, 5.41) is 2.74. The fraction of sp³-hybridized carbons (Fsp3) is 0.429. The highest BCUT2D eigenvalue weighted by Gasteiger charge is 2.15. The van der Waals surface area contributed by atoms with E-state index in [0.717, 1.165) is 5.56 Å². The molecule has 0 fully saturated rings. The Morgan fingerprint density at radius 3 is 2.70 bits per heavy atom. The molecule has 3 N–H and O–H groups in total. The minimum atomic E-state index is -0.668. The van der Waals surface area contributed by atoms with E-state index in [9.17, 15) is 9.59 Å². The number of rotatable bonds is 6. The first kappa shape index (κ1) is 16.1. The average molecular weight is 279 g/mol. The number of hydrogen-bond donors (Lipinski definition) is 2. The van der Waals surface area contributed by atoms with Crippen LogP contribution >= 0.6 is 0 Å². The van der Waals surface area contributed by atoms with Crippen molar-refractivity contribution in [2.45, 2.75) is 19.6 Å². The van der Waals surface area contributed by atoms with Crippen LogP contribution in [0.3, 0.4) is 0 Å². The summed E-state index contributed by atoms with van der Waals surface area (Å²) in [7, 11) is 3.16. The van der Waals surface area contributed by atoms with Crippen LogP contribution in [0, 0.1) is 0 Å². The summed E-state index contributed by atoms with van der Waals surface area (Å²) in [6.45, 7) is 2.12. The number of nitrogens with two attached hydrogens (primary N) is 1. The third kappa shape index (κ3) is 4.64. The zero-order chi connectivity index (χ0) is 15.1. The quantitative estimate of drug-likeness (QED) is 0.797. The Bertz CT molecular complexity index is 472. The molecule has 0 aromatic heterocycles. The fourth-order valence-corrected chi connectivity index (χ4v) is 1.67. The largest absolute Gasteiger partial charge is 0.370 e. The van der Waals surface area contributed by atoms with Gasteiger partial charge in [-0.15, -0.1) is 0 Å². The molecule has 1 aromatic carbocycles. The molecule has 0 radical (unpaired) electrons. The maximum Gasteiger partial charge on any atom is 0.254 e. The van der Waals surface area contributed by atoms with Gasteiger partial charge < -0.3 is 20.7 Å². The number of amides is 2. The van der Waals surface area contributed by atoms with E-state index in [1.165, 1.54) is 14.0 Å². The predicted octanol–water partition coefficient (Wildman–Crippen LogP) is 0.577. The van der Waals surface area contributed by atoms with Crippen molar-refractivity contribution in [2.24, 2.45) is 5.73 Å².